The Balaban J connectivity index is 0.00000450. The van der Waals surface area contributed by atoms with Gasteiger partial charge in [-0.25, -0.2) is 4.79 Å². The van der Waals surface area contributed by atoms with Crippen LogP contribution in [-0.4, -0.2) is 46.0 Å². The Labute approximate surface area is 194 Å². The first kappa shape index (κ1) is 25.3. The molecule has 0 aliphatic heterocycles. The quantitative estimate of drug-likeness (QED) is 0.276. The lowest BCUT2D eigenvalue weighted by Gasteiger charge is -2.19. The highest BCUT2D eigenvalue weighted by Gasteiger charge is 2.09. The largest absolute Gasteiger partial charge is 0.493 e. The topological polar surface area (TPSA) is 93.2 Å². The zero-order chi connectivity index (χ0) is 21.1. The lowest BCUT2D eigenvalue weighted by molar-refractivity contribution is 0.187. The number of anilines is 1. The number of guanidine groups is 1. The third kappa shape index (κ3) is 8.36. The van der Waals surface area contributed by atoms with Gasteiger partial charge in [0.15, 0.2) is 17.5 Å². The van der Waals surface area contributed by atoms with E-state index in [9.17, 15) is 4.79 Å². The Morgan fingerprint density at radius 1 is 1.03 bits per heavy atom. The average Bonchev–Trinajstić information content (AvgIpc) is 2.75. The van der Waals surface area contributed by atoms with Crippen molar-refractivity contribution in [3.63, 3.8) is 0 Å². The van der Waals surface area contributed by atoms with Gasteiger partial charge in [0.2, 0.25) is 0 Å². The normalized spacial score (nSPS) is 11.5. The molecule has 0 radical (unpaired) electrons. The summed E-state index contributed by atoms with van der Waals surface area (Å²) in [6.45, 7) is 3.12. The predicted molar refractivity (Wildman–Crippen MR) is 129 cm³/mol. The summed E-state index contributed by atoms with van der Waals surface area (Å²) in [4.78, 5) is 15.4. The van der Waals surface area contributed by atoms with Crippen LogP contribution >= 0.6 is 24.0 Å². The van der Waals surface area contributed by atoms with Gasteiger partial charge < -0.3 is 24.8 Å². The number of para-hydroxylation sites is 2. The first-order valence-corrected chi connectivity index (χ1v) is 9.23. The van der Waals surface area contributed by atoms with Crippen LogP contribution in [0.1, 0.15) is 12.5 Å². The number of aliphatic imine (C=N–C) groups is 1. The van der Waals surface area contributed by atoms with Crippen LogP contribution in [0.25, 0.3) is 0 Å². The number of benzene rings is 2. The van der Waals surface area contributed by atoms with Crippen LogP contribution in [0.4, 0.5) is 10.5 Å². The molecule has 1 amide bonds. The second kappa shape index (κ2) is 13.5. The van der Waals surface area contributed by atoms with Gasteiger partial charge in [-0.2, -0.15) is 0 Å². The van der Waals surface area contributed by atoms with Crippen molar-refractivity contribution in [1.29, 1.82) is 0 Å². The van der Waals surface area contributed by atoms with E-state index in [0.717, 1.165) is 5.56 Å². The van der Waals surface area contributed by atoms with Crippen LogP contribution in [0.15, 0.2) is 53.5 Å². The Morgan fingerprint density at radius 2 is 1.70 bits per heavy atom. The minimum absolute atomic E-state index is 0. The van der Waals surface area contributed by atoms with E-state index in [1.54, 1.807) is 14.2 Å². The molecule has 0 aromatic heterocycles. The number of carbonyl (C=O) groups excluding carboxylic acids is 1. The molecule has 0 fully saturated rings. The number of carbonyl (C=O) groups is 1. The summed E-state index contributed by atoms with van der Waals surface area (Å²) in [6, 6.07) is 15.0. The average molecular weight is 528 g/mol. The van der Waals surface area contributed by atoms with E-state index >= 15 is 0 Å². The number of nitrogens with one attached hydrogen (secondary N) is 3. The molecule has 2 aromatic carbocycles. The molecule has 8 nitrogen and oxygen atoms in total. The monoisotopic (exact) mass is 528 g/mol. The van der Waals surface area contributed by atoms with Gasteiger partial charge >= 0.3 is 6.09 Å². The molecule has 0 aliphatic rings. The van der Waals surface area contributed by atoms with Crippen molar-refractivity contribution in [2.45, 2.75) is 19.6 Å². The highest BCUT2D eigenvalue weighted by molar-refractivity contribution is 14.0. The van der Waals surface area contributed by atoms with Gasteiger partial charge in [0.1, 0.15) is 6.10 Å². The van der Waals surface area contributed by atoms with E-state index in [4.69, 9.17) is 9.47 Å². The van der Waals surface area contributed by atoms with Crippen molar-refractivity contribution in [3.8, 4) is 11.5 Å². The molecule has 2 aromatic rings. The Morgan fingerprint density at radius 3 is 2.30 bits per heavy atom. The SMILES string of the molecule is CN=C(NCc1ccc(NC(=O)OC)cc1)NCC(C)Oc1ccccc1OC.I. The first-order valence-electron chi connectivity index (χ1n) is 9.23. The van der Waals surface area contributed by atoms with Crippen molar-refractivity contribution in [2.75, 3.05) is 33.1 Å². The molecule has 1 unspecified atom stereocenters. The van der Waals surface area contributed by atoms with Crippen LogP contribution in [0, 0.1) is 0 Å². The maximum absolute atomic E-state index is 11.2. The number of ether oxygens (including phenoxy) is 3. The van der Waals surface area contributed by atoms with Crippen molar-refractivity contribution >= 4 is 41.7 Å². The van der Waals surface area contributed by atoms with Crippen LogP contribution in [0.5, 0.6) is 11.5 Å². The third-order valence-corrected chi connectivity index (χ3v) is 4.02. The smallest absolute Gasteiger partial charge is 0.411 e. The van der Waals surface area contributed by atoms with Gasteiger partial charge in [-0.1, -0.05) is 24.3 Å². The fourth-order valence-corrected chi connectivity index (χ4v) is 2.50. The standard InChI is InChI=1S/C21H28N4O4.HI/c1-15(29-19-8-6-5-7-18(19)27-3)13-23-20(22-2)24-14-16-9-11-17(12-10-16)25-21(26)28-4;/h5-12,15H,13-14H2,1-4H3,(H,25,26)(H2,22,23,24);1H. The number of rotatable bonds is 8. The van der Waals surface area contributed by atoms with Gasteiger partial charge in [-0.3, -0.25) is 10.3 Å². The lowest BCUT2D eigenvalue weighted by atomic mass is 10.2. The summed E-state index contributed by atoms with van der Waals surface area (Å²) < 4.78 is 15.8. The second-order valence-electron chi connectivity index (χ2n) is 6.20. The zero-order valence-electron chi connectivity index (χ0n) is 17.6. The fourth-order valence-electron chi connectivity index (χ4n) is 2.50. The molecule has 0 saturated heterocycles. The Kier molecular flexibility index (Phi) is 11.4. The van der Waals surface area contributed by atoms with E-state index < -0.39 is 6.09 Å². The van der Waals surface area contributed by atoms with Gasteiger partial charge in [0.25, 0.3) is 0 Å². The summed E-state index contributed by atoms with van der Waals surface area (Å²) in [5, 5.41) is 9.10. The van der Waals surface area contributed by atoms with E-state index in [1.165, 1.54) is 7.11 Å². The van der Waals surface area contributed by atoms with E-state index in [1.807, 2.05) is 55.5 Å². The summed E-state index contributed by atoms with van der Waals surface area (Å²) in [5.41, 5.74) is 1.71. The molecule has 9 heteroatoms. The van der Waals surface area contributed by atoms with Crippen molar-refractivity contribution in [1.82, 2.24) is 10.6 Å². The highest BCUT2D eigenvalue weighted by Crippen LogP contribution is 2.26. The number of nitrogens with zero attached hydrogens (tertiary/aromatic N) is 1. The molecular formula is C21H29IN4O4. The molecule has 0 heterocycles. The van der Waals surface area contributed by atoms with Crippen LogP contribution in [-0.2, 0) is 11.3 Å². The van der Waals surface area contributed by atoms with Crippen LogP contribution in [0.3, 0.4) is 0 Å². The molecule has 0 aliphatic carbocycles. The molecule has 2 rings (SSSR count). The second-order valence-corrected chi connectivity index (χ2v) is 6.20. The summed E-state index contributed by atoms with van der Waals surface area (Å²) in [7, 11) is 4.66. The molecule has 164 valence electrons. The molecule has 1 atom stereocenters. The number of methoxy groups -OCH3 is 2. The zero-order valence-corrected chi connectivity index (χ0v) is 19.9. The maximum Gasteiger partial charge on any atom is 0.411 e. The van der Waals surface area contributed by atoms with E-state index in [0.29, 0.717) is 36.2 Å². The molecule has 0 saturated carbocycles. The Bertz CT molecular complexity index is 815. The summed E-state index contributed by atoms with van der Waals surface area (Å²) in [6.07, 6.45) is -0.585. The number of hydrogen-bond donors (Lipinski definition) is 3. The van der Waals surface area contributed by atoms with Gasteiger partial charge in [-0.05, 0) is 36.8 Å². The number of amides is 1. The molecule has 0 spiro atoms. The van der Waals surface area contributed by atoms with Gasteiger partial charge in [-0.15, -0.1) is 24.0 Å². The van der Waals surface area contributed by atoms with Crippen LogP contribution < -0.4 is 25.4 Å². The fraction of sp³-hybridized carbons (Fsp3) is 0.333. The Hall–Kier alpha value is -2.69. The van der Waals surface area contributed by atoms with Crippen molar-refractivity contribution < 1.29 is 19.0 Å². The lowest BCUT2D eigenvalue weighted by Crippen LogP contribution is -2.41. The van der Waals surface area contributed by atoms with Crippen LogP contribution in [0.2, 0.25) is 0 Å². The predicted octanol–water partition coefficient (Wildman–Crippen LogP) is 3.62. The van der Waals surface area contributed by atoms with Gasteiger partial charge in [0, 0.05) is 19.3 Å². The number of hydrogen-bond acceptors (Lipinski definition) is 5. The van der Waals surface area contributed by atoms with Crippen molar-refractivity contribution in [3.05, 3.63) is 54.1 Å². The minimum atomic E-state index is -0.495. The molecular weight excluding hydrogens is 499 g/mol. The summed E-state index contributed by atoms with van der Waals surface area (Å²) >= 11 is 0. The van der Waals surface area contributed by atoms with Crippen molar-refractivity contribution in [2.24, 2.45) is 4.99 Å². The van der Waals surface area contributed by atoms with E-state index in [2.05, 4.69) is 25.7 Å². The first-order chi connectivity index (χ1) is 14.0. The number of halogens is 1. The minimum Gasteiger partial charge on any atom is -0.493 e. The van der Waals surface area contributed by atoms with E-state index in [-0.39, 0.29) is 30.1 Å². The highest BCUT2D eigenvalue weighted by atomic mass is 127. The molecule has 30 heavy (non-hydrogen) atoms. The summed E-state index contributed by atoms with van der Waals surface area (Å²) in [5.74, 6) is 2.07. The van der Waals surface area contributed by atoms with Gasteiger partial charge in [0.05, 0.1) is 20.8 Å². The third-order valence-electron chi connectivity index (χ3n) is 4.02. The molecule has 3 N–H and O–H groups in total. The molecule has 0 bridgehead atoms. The maximum atomic E-state index is 11.2.